The fourth-order valence-corrected chi connectivity index (χ4v) is 4.65. The van der Waals surface area contributed by atoms with E-state index < -0.39 is 0 Å². The molecule has 0 aliphatic heterocycles. The van der Waals surface area contributed by atoms with Gasteiger partial charge in [0.25, 0.3) is 0 Å². The second-order valence-electron chi connectivity index (χ2n) is 4.88. The zero-order valence-corrected chi connectivity index (χ0v) is 12.4. The van der Waals surface area contributed by atoms with Gasteiger partial charge in [-0.15, -0.1) is 22.7 Å². The van der Waals surface area contributed by atoms with Crippen LogP contribution < -0.4 is 5.73 Å². The molecule has 0 radical (unpaired) electrons. The highest BCUT2D eigenvalue weighted by atomic mass is 32.1. The normalized spacial score (nSPS) is 13.1. The molecule has 1 nitrogen and oxygen atoms in total. The average molecular weight is 295 g/mol. The van der Waals surface area contributed by atoms with Gasteiger partial charge in [-0.2, -0.15) is 0 Å². The van der Waals surface area contributed by atoms with E-state index in [1.165, 1.54) is 30.6 Å². The SMILES string of the molecule is NC(c1ccc2ccccc2c1)c1cc2sccc2s1. The highest BCUT2D eigenvalue weighted by Crippen LogP contribution is 2.35. The Hall–Kier alpha value is -1.68. The van der Waals surface area contributed by atoms with Gasteiger partial charge in [0.2, 0.25) is 0 Å². The van der Waals surface area contributed by atoms with Gasteiger partial charge in [-0.25, -0.2) is 0 Å². The number of hydrogen-bond acceptors (Lipinski definition) is 3. The largest absolute Gasteiger partial charge is 0.320 e. The first-order valence-corrected chi connectivity index (χ1v) is 8.22. The van der Waals surface area contributed by atoms with Crippen LogP contribution in [0.4, 0.5) is 0 Å². The third-order valence-electron chi connectivity index (χ3n) is 3.60. The van der Waals surface area contributed by atoms with E-state index in [1.807, 2.05) is 0 Å². The molecule has 0 spiro atoms. The molecule has 0 aliphatic rings. The van der Waals surface area contributed by atoms with Crippen molar-refractivity contribution in [3.05, 3.63) is 70.4 Å². The Morgan fingerprint density at radius 1 is 0.850 bits per heavy atom. The van der Waals surface area contributed by atoms with E-state index >= 15 is 0 Å². The van der Waals surface area contributed by atoms with Crippen LogP contribution in [0.1, 0.15) is 16.5 Å². The maximum atomic E-state index is 6.45. The summed E-state index contributed by atoms with van der Waals surface area (Å²) in [6.45, 7) is 0. The van der Waals surface area contributed by atoms with Gasteiger partial charge in [-0.05, 0) is 39.9 Å². The third kappa shape index (κ3) is 1.95. The van der Waals surface area contributed by atoms with Gasteiger partial charge in [0, 0.05) is 14.3 Å². The Labute approximate surface area is 125 Å². The standard InChI is InChI=1S/C17H13NS2/c18-17(16-10-15-14(20-16)7-8-19-15)13-6-5-11-3-1-2-4-12(11)9-13/h1-10,17H,18H2. The van der Waals surface area contributed by atoms with E-state index in [0.29, 0.717) is 0 Å². The summed E-state index contributed by atoms with van der Waals surface area (Å²) >= 11 is 3.58. The summed E-state index contributed by atoms with van der Waals surface area (Å²) in [5.41, 5.74) is 7.62. The molecule has 2 aromatic carbocycles. The minimum absolute atomic E-state index is 0.0378. The van der Waals surface area contributed by atoms with Crippen LogP contribution in [0.3, 0.4) is 0 Å². The van der Waals surface area contributed by atoms with E-state index in [9.17, 15) is 0 Å². The molecule has 2 N–H and O–H groups in total. The monoisotopic (exact) mass is 295 g/mol. The summed E-state index contributed by atoms with van der Waals surface area (Å²) in [5, 5.41) is 4.64. The molecule has 0 aliphatic carbocycles. The van der Waals surface area contributed by atoms with Crippen molar-refractivity contribution >= 4 is 42.8 Å². The molecular weight excluding hydrogens is 282 g/mol. The minimum Gasteiger partial charge on any atom is -0.320 e. The molecule has 0 bridgehead atoms. The molecule has 98 valence electrons. The molecule has 2 heterocycles. The molecule has 4 aromatic rings. The van der Waals surface area contributed by atoms with Crippen molar-refractivity contribution in [2.75, 3.05) is 0 Å². The predicted octanol–water partition coefficient (Wildman–Crippen LogP) is 5.16. The van der Waals surface area contributed by atoms with E-state index in [-0.39, 0.29) is 6.04 Å². The van der Waals surface area contributed by atoms with E-state index in [2.05, 4.69) is 60.0 Å². The minimum atomic E-state index is -0.0378. The Bertz CT molecular complexity index is 859. The number of fused-ring (bicyclic) bond motifs is 2. The maximum absolute atomic E-state index is 6.45. The molecule has 0 amide bonds. The molecule has 3 heteroatoms. The Kier molecular flexibility index (Phi) is 2.84. The van der Waals surface area contributed by atoms with Crippen LogP contribution in [0.25, 0.3) is 20.2 Å². The summed E-state index contributed by atoms with van der Waals surface area (Å²) in [4.78, 5) is 1.24. The quantitative estimate of drug-likeness (QED) is 0.543. The van der Waals surface area contributed by atoms with Crippen LogP contribution in [0.5, 0.6) is 0 Å². The van der Waals surface area contributed by atoms with Crippen LogP contribution in [0, 0.1) is 0 Å². The number of nitrogens with two attached hydrogens (primary N) is 1. The van der Waals surface area contributed by atoms with Gasteiger partial charge in [0.15, 0.2) is 0 Å². The van der Waals surface area contributed by atoms with Crippen molar-refractivity contribution in [3.63, 3.8) is 0 Å². The first kappa shape index (κ1) is 12.1. The van der Waals surface area contributed by atoms with Crippen LogP contribution >= 0.6 is 22.7 Å². The number of hydrogen-bond donors (Lipinski definition) is 1. The van der Waals surface area contributed by atoms with Crippen molar-refractivity contribution < 1.29 is 0 Å². The van der Waals surface area contributed by atoms with Gasteiger partial charge >= 0.3 is 0 Å². The topological polar surface area (TPSA) is 26.0 Å². The van der Waals surface area contributed by atoms with Gasteiger partial charge in [-0.3, -0.25) is 0 Å². The Morgan fingerprint density at radius 2 is 1.70 bits per heavy atom. The Morgan fingerprint density at radius 3 is 2.55 bits per heavy atom. The van der Waals surface area contributed by atoms with Crippen LogP contribution in [0.2, 0.25) is 0 Å². The Balaban J connectivity index is 1.79. The van der Waals surface area contributed by atoms with Crippen molar-refractivity contribution in [3.8, 4) is 0 Å². The van der Waals surface area contributed by atoms with Crippen molar-refractivity contribution in [2.24, 2.45) is 5.73 Å². The van der Waals surface area contributed by atoms with E-state index in [1.54, 1.807) is 22.7 Å². The molecule has 0 fully saturated rings. The van der Waals surface area contributed by atoms with Gasteiger partial charge < -0.3 is 5.73 Å². The zero-order valence-electron chi connectivity index (χ0n) is 10.7. The van der Waals surface area contributed by atoms with Crippen molar-refractivity contribution in [1.82, 2.24) is 0 Å². The second kappa shape index (κ2) is 4.70. The molecule has 1 atom stereocenters. The molecule has 4 rings (SSSR count). The first-order valence-electron chi connectivity index (χ1n) is 6.52. The molecular formula is C17H13NS2. The lowest BCUT2D eigenvalue weighted by Crippen LogP contribution is -2.09. The molecule has 2 aromatic heterocycles. The highest BCUT2D eigenvalue weighted by Gasteiger charge is 2.13. The average Bonchev–Trinajstić information content (AvgIpc) is 3.07. The smallest absolute Gasteiger partial charge is 0.0646 e. The maximum Gasteiger partial charge on any atom is 0.0646 e. The molecule has 1 unspecified atom stereocenters. The third-order valence-corrected chi connectivity index (χ3v) is 5.77. The highest BCUT2D eigenvalue weighted by molar-refractivity contribution is 7.27. The predicted molar refractivity (Wildman–Crippen MR) is 89.7 cm³/mol. The summed E-state index contributed by atoms with van der Waals surface area (Å²) < 4.78 is 2.67. The van der Waals surface area contributed by atoms with E-state index in [0.717, 1.165) is 0 Å². The fraction of sp³-hybridized carbons (Fsp3) is 0.0588. The number of rotatable bonds is 2. The van der Waals surface area contributed by atoms with E-state index in [4.69, 9.17) is 5.73 Å². The first-order chi connectivity index (χ1) is 9.81. The summed E-state index contributed by atoms with van der Waals surface area (Å²) in [7, 11) is 0. The summed E-state index contributed by atoms with van der Waals surface area (Å²) in [5.74, 6) is 0. The zero-order chi connectivity index (χ0) is 13.5. The summed E-state index contributed by atoms with van der Waals surface area (Å²) in [6, 6.07) is 19.3. The molecule has 0 saturated carbocycles. The van der Waals surface area contributed by atoms with Crippen LogP contribution in [-0.2, 0) is 0 Å². The van der Waals surface area contributed by atoms with Gasteiger partial charge in [-0.1, -0.05) is 36.4 Å². The molecule has 20 heavy (non-hydrogen) atoms. The van der Waals surface area contributed by atoms with Crippen LogP contribution in [0.15, 0.2) is 60.0 Å². The van der Waals surface area contributed by atoms with Gasteiger partial charge in [0.05, 0.1) is 6.04 Å². The van der Waals surface area contributed by atoms with Crippen molar-refractivity contribution in [2.45, 2.75) is 6.04 Å². The molecule has 0 saturated heterocycles. The van der Waals surface area contributed by atoms with Gasteiger partial charge in [0.1, 0.15) is 0 Å². The summed E-state index contributed by atoms with van der Waals surface area (Å²) in [6.07, 6.45) is 0. The lowest BCUT2D eigenvalue weighted by molar-refractivity contribution is 0.897. The second-order valence-corrected chi connectivity index (χ2v) is 6.95. The van der Waals surface area contributed by atoms with Crippen LogP contribution in [-0.4, -0.2) is 0 Å². The lowest BCUT2D eigenvalue weighted by atomic mass is 10.0. The number of thiophene rings is 2. The lowest BCUT2D eigenvalue weighted by Gasteiger charge is -2.11. The van der Waals surface area contributed by atoms with Crippen molar-refractivity contribution in [1.29, 1.82) is 0 Å². The number of benzene rings is 2. The fourth-order valence-electron chi connectivity index (χ4n) is 2.50.